The van der Waals surface area contributed by atoms with Crippen molar-refractivity contribution in [1.82, 2.24) is 4.98 Å². The second-order valence-electron chi connectivity index (χ2n) is 6.94. The molecule has 5 heteroatoms. The first-order valence-electron chi connectivity index (χ1n) is 8.97. The first-order valence-corrected chi connectivity index (χ1v) is 8.97. The summed E-state index contributed by atoms with van der Waals surface area (Å²) in [7, 11) is 1.60. The zero-order valence-electron chi connectivity index (χ0n) is 16.1. The van der Waals surface area contributed by atoms with E-state index in [0.717, 1.165) is 27.9 Å². The number of carbonyl (C=O) groups excluding carboxylic acids is 1. The molecule has 0 atom stereocenters. The molecule has 0 aliphatic rings. The van der Waals surface area contributed by atoms with Gasteiger partial charge >= 0.3 is 0 Å². The Morgan fingerprint density at radius 2 is 1.85 bits per heavy atom. The molecule has 1 aromatic heterocycles. The maximum Gasteiger partial charge on any atom is 0.253 e. The molecule has 5 nitrogen and oxygen atoms in total. The third kappa shape index (κ3) is 3.87. The smallest absolute Gasteiger partial charge is 0.253 e. The molecule has 3 rings (SSSR count). The van der Waals surface area contributed by atoms with E-state index in [2.05, 4.69) is 4.98 Å². The number of nitrogens with one attached hydrogen (secondary N) is 1. The van der Waals surface area contributed by atoms with Crippen LogP contribution < -0.4 is 15.2 Å². The molecule has 0 aliphatic carbocycles. The number of nitrogens with zero attached hydrogens (tertiary/aromatic N) is 1. The van der Waals surface area contributed by atoms with Crippen molar-refractivity contribution < 1.29 is 9.53 Å². The summed E-state index contributed by atoms with van der Waals surface area (Å²) in [6.45, 7) is 5.88. The zero-order valence-corrected chi connectivity index (χ0v) is 16.1. The van der Waals surface area contributed by atoms with Crippen LogP contribution in [0.3, 0.4) is 0 Å². The average molecular weight is 364 g/mol. The highest BCUT2D eigenvalue weighted by Gasteiger charge is 2.21. The van der Waals surface area contributed by atoms with E-state index in [-0.39, 0.29) is 23.9 Å². The fourth-order valence-electron chi connectivity index (χ4n) is 3.09. The van der Waals surface area contributed by atoms with Gasteiger partial charge in [0.2, 0.25) is 5.91 Å². The van der Waals surface area contributed by atoms with Gasteiger partial charge in [0.1, 0.15) is 5.75 Å². The van der Waals surface area contributed by atoms with Gasteiger partial charge in [-0.25, -0.2) is 0 Å². The molecule has 0 aliphatic heterocycles. The fourth-order valence-corrected chi connectivity index (χ4v) is 3.09. The molecular formula is C22H24N2O3. The van der Waals surface area contributed by atoms with Crippen LogP contribution in [0.5, 0.6) is 5.75 Å². The molecule has 0 spiro atoms. The Kier molecular flexibility index (Phi) is 5.31. The van der Waals surface area contributed by atoms with Gasteiger partial charge in [0.15, 0.2) is 0 Å². The van der Waals surface area contributed by atoms with Gasteiger partial charge in [-0.3, -0.25) is 9.59 Å². The van der Waals surface area contributed by atoms with Crippen LogP contribution in [0.4, 0.5) is 5.69 Å². The van der Waals surface area contributed by atoms with E-state index in [1.54, 1.807) is 12.0 Å². The number of carbonyl (C=O) groups is 1. The van der Waals surface area contributed by atoms with E-state index in [0.29, 0.717) is 5.56 Å². The minimum absolute atomic E-state index is 0.0380. The van der Waals surface area contributed by atoms with Crippen molar-refractivity contribution in [2.45, 2.75) is 27.3 Å². The number of aryl methyl sites for hydroxylation is 1. The summed E-state index contributed by atoms with van der Waals surface area (Å²) in [6.07, 6.45) is 0. The van der Waals surface area contributed by atoms with Crippen LogP contribution in [-0.2, 0) is 11.3 Å². The van der Waals surface area contributed by atoms with Gasteiger partial charge in [-0.15, -0.1) is 0 Å². The van der Waals surface area contributed by atoms with E-state index in [1.165, 1.54) is 0 Å². The number of benzene rings is 2. The molecule has 2 aromatic carbocycles. The fraction of sp³-hybridized carbons (Fsp3) is 0.273. The molecule has 1 N–H and O–H groups in total. The SMILES string of the molecule is COc1ccc(N(Cc2cc3cccc(C)c3[nH]c2=O)C(=O)C(C)C)cc1. The summed E-state index contributed by atoms with van der Waals surface area (Å²) in [5.74, 6) is 0.493. The molecule has 1 heterocycles. The Bertz CT molecular complexity index is 1020. The Labute approximate surface area is 158 Å². The summed E-state index contributed by atoms with van der Waals surface area (Å²) >= 11 is 0. The van der Waals surface area contributed by atoms with Crippen molar-refractivity contribution >= 4 is 22.5 Å². The Balaban J connectivity index is 2.03. The zero-order chi connectivity index (χ0) is 19.6. The lowest BCUT2D eigenvalue weighted by molar-refractivity contribution is -0.121. The molecule has 0 fully saturated rings. The second kappa shape index (κ2) is 7.66. The van der Waals surface area contributed by atoms with Gasteiger partial charge in [0.25, 0.3) is 5.56 Å². The van der Waals surface area contributed by atoms with E-state index in [1.807, 2.05) is 69.3 Å². The lowest BCUT2D eigenvalue weighted by Gasteiger charge is -2.25. The molecule has 3 aromatic rings. The number of aromatic nitrogens is 1. The number of fused-ring (bicyclic) bond motifs is 1. The summed E-state index contributed by atoms with van der Waals surface area (Å²) in [5.41, 5.74) is 2.96. The number of para-hydroxylation sites is 1. The van der Waals surface area contributed by atoms with E-state index in [9.17, 15) is 9.59 Å². The molecular weight excluding hydrogens is 340 g/mol. The lowest BCUT2D eigenvalue weighted by Crippen LogP contribution is -2.35. The highest BCUT2D eigenvalue weighted by Crippen LogP contribution is 2.23. The number of anilines is 1. The standard InChI is InChI=1S/C22H24N2O3/c1-14(2)22(26)24(18-8-10-19(27-4)11-9-18)13-17-12-16-7-5-6-15(3)20(16)23-21(17)25/h5-12,14H,13H2,1-4H3,(H,23,25). The number of pyridine rings is 1. The van der Waals surface area contributed by atoms with Crippen LogP contribution in [0.15, 0.2) is 53.3 Å². The number of hydrogen-bond donors (Lipinski definition) is 1. The molecule has 140 valence electrons. The predicted molar refractivity (Wildman–Crippen MR) is 108 cm³/mol. The number of amides is 1. The normalized spacial score (nSPS) is 11.0. The Morgan fingerprint density at radius 3 is 2.48 bits per heavy atom. The van der Waals surface area contributed by atoms with Crippen LogP contribution in [0.2, 0.25) is 0 Å². The van der Waals surface area contributed by atoms with Crippen molar-refractivity contribution in [2.24, 2.45) is 5.92 Å². The van der Waals surface area contributed by atoms with Crippen LogP contribution in [0.1, 0.15) is 25.0 Å². The monoisotopic (exact) mass is 364 g/mol. The van der Waals surface area contributed by atoms with Gasteiger partial charge in [0.05, 0.1) is 19.2 Å². The number of methoxy groups -OCH3 is 1. The highest BCUT2D eigenvalue weighted by molar-refractivity contribution is 5.94. The molecule has 0 unspecified atom stereocenters. The molecule has 1 amide bonds. The predicted octanol–water partition coefficient (Wildman–Crippen LogP) is 4.03. The maximum atomic E-state index is 12.8. The van der Waals surface area contributed by atoms with Gasteiger partial charge < -0.3 is 14.6 Å². The topological polar surface area (TPSA) is 62.4 Å². The van der Waals surface area contributed by atoms with Gasteiger partial charge in [-0.1, -0.05) is 32.0 Å². The van der Waals surface area contributed by atoms with Gasteiger partial charge in [-0.05, 0) is 48.2 Å². The summed E-state index contributed by atoms with van der Waals surface area (Å²) in [4.78, 5) is 30.1. The molecule has 0 saturated carbocycles. The van der Waals surface area contributed by atoms with Crippen molar-refractivity contribution in [1.29, 1.82) is 0 Å². The Hall–Kier alpha value is -3.08. The van der Waals surface area contributed by atoms with Crippen molar-refractivity contribution in [3.05, 3.63) is 70.0 Å². The van der Waals surface area contributed by atoms with Crippen LogP contribution in [0.25, 0.3) is 10.9 Å². The third-order valence-electron chi connectivity index (χ3n) is 4.64. The van der Waals surface area contributed by atoms with Crippen molar-refractivity contribution in [2.75, 3.05) is 12.0 Å². The molecule has 0 radical (unpaired) electrons. The summed E-state index contributed by atoms with van der Waals surface area (Å²) in [6, 6.07) is 15.0. The highest BCUT2D eigenvalue weighted by atomic mass is 16.5. The Morgan fingerprint density at radius 1 is 1.15 bits per heavy atom. The molecule has 0 bridgehead atoms. The molecule has 27 heavy (non-hydrogen) atoms. The third-order valence-corrected chi connectivity index (χ3v) is 4.64. The average Bonchev–Trinajstić information content (AvgIpc) is 2.66. The summed E-state index contributed by atoms with van der Waals surface area (Å²) < 4.78 is 5.20. The summed E-state index contributed by atoms with van der Waals surface area (Å²) in [5, 5.41) is 0.955. The lowest BCUT2D eigenvalue weighted by atomic mass is 10.1. The number of ether oxygens (including phenoxy) is 1. The minimum atomic E-state index is -0.186. The molecule has 0 saturated heterocycles. The van der Waals surface area contributed by atoms with Crippen LogP contribution >= 0.6 is 0 Å². The first kappa shape index (κ1) is 18.7. The van der Waals surface area contributed by atoms with E-state index >= 15 is 0 Å². The van der Waals surface area contributed by atoms with Crippen molar-refractivity contribution in [3.63, 3.8) is 0 Å². The quantitative estimate of drug-likeness (QED) is 0.743. The van der Waals surface area contributed by atoms with E-state index < -0.39 is 0 Å². The van der Waals surface area contributed by atoms with Gasteiger partial charge in [0, 0.05) is 17.2 Å². The number of rotatable bonds is 5. The first-order chi connectivity index (χ1) is 12.9. The van der Waals surface area contributed by atoms with Crippen LogP contribution in [0, 0.1) is 12.8 Å². The van der Waals surface area contributed by atoms with Crippen LogP contribution in [-0.4, -0.2) is 18.0 Å². The van der Waals surface area contributed by atoms with Crippen molar-refractivity contribution in [3.8, 4) is 5.75 Å². The van der Waals surface area contributed by atoms with Gasteiger partial charge in [-0.2, -0.15) is 0 Å². The minimum Gasteiger partial charge on any atom is -0.497 e. The maximum absolute atomic E-state index is 12.8. The largest absolute Gasteiger partial charge is 0.497 e. The number of aromatic amines is 1. The number of H-pyrrole nitrogens is 1. The second-order valence-corrected chi connectivity index (χ2v) is 6.94. The number of hydrogen-bond acceptors (Lipinski definition) is 3. The van der Waals surface area contributed by atoms with E-state index in [4.69, 9.17) is 4.74 Å².